The maximum atomic E-state index is 5.64. The second-order valence-corrected chi connectivity index (χ2v) is 4.06. The summed E-state index contributed by atoms with van der Waals surface area (Å²) in [5, 5.41) is 0. The SMILES string of the molecule is NCC1COC(c2ccc3c(c2)OCCO3)O1. The molecule has 5 nitrogen and oxygen atoms in total. The molecular formula is C12H15NO4. The van der Waals surface area contributed by atoms with Gasteiger partial charge in [-0.2, -0.15) is 0 Å². The molecule has 1 aromatic carbocycles. The fraction of sp³-hybridized carbons (Fsp3) is 0.500. The van der Waals surface area contributed by atoms with Gasteiger partial charge >= 0.3 is 0 Å². The lowest BCUT2D eigenvalue weighted by Gasteiger charge is -2.20. The lowest BCUT2D eigenvalue weighted by molar-refractivity contribution is -0.0587. The summed E-state index contributed by atoms with van der Waals surface area (Å²) in [6, 6.07) is 5.71. The van der Waals surface area contributed by atoms with Crippen molar-refractivity contribution in [2.75, 3.05) is 26.4 Å². The molecule has 0 saturated carbocycles. The van der Waals surface area contributed by atoms with Gasteiger partial charge < -0.3 is 24.7 Å². The molecule has 0 aromatic heterocycles. The number of hydrogen-bond acceptors (Lipinski definition) is 5. The van der Waals surface area contributed by atoms with Gasteiger partial charge in [0.1, 0.15) is 13.2 Å². The van der Waals surface area contributed by atoms with Crippen LogP contribution in [0.25, 0.3) is 0 Å². The van der Waals surface area contributed by atoms with Crippen LogP contribution < -0.4 is 15.2 Å². The molecule has 2 aliphatic heterocycles. The van der Waals surface area contributed by atoms with Crippen LogP contribution in [0, 0.1) is 0 Å². The van der Waals surface area contributed by atoms with Gasteiger partial charge in [0, 0.05) is 12.1 Å². The minimum atomic E-state index is -0.348. The summed E-state index contributed by atoms with van der Waals surface area (Å²) in [5.41, 5.74) is 6.47. The lowest BCUT2D eigenvalue weighted by atomic mass is 10.2. The Labute approximate surface area is 99.4 Å². The first kappa shape index (κ1) is 10.8. The van der Waals surface area contributed by atoms with Crippen LogP contribution in [0.3, 0.4) is 0 Å². The molecule has 5 heteroatoms. The Hall–Kier alpha value is -1.30. The summed E-state index contributed by atoms with van der Waals surface area (Å²) < 4.78 is 22.2. The van der Waals surface area contributed by atoms with E-state index in [9.17, 15) is 0 Å². The third-order valence-electron chi connectivity index (χ3n) is 2.85. The number of ether oxygens (including phenoxy) is 4. The quantitative estimate of drug-likeness (QED) is 0.825. The largest absolute Gasteiger partial charge is 0.486 e. The monoisotopic (exact) mass is 237 g/mol. The van der Waals surface area contributed by atoms with Crippen LogP contribution in [0.2, 0.25) is 0 Å². The molecule has 2 atom stereocenters. The number of fused-ring (bicyclic) bond motifs is 1. The molecular weight excluding hydrogens is 222 g/mol. The molecule has 17 heavy (non-hydrogen) atoms. The molecule has 2 unspecified atom stereocenters. The third-order valence-corrected chi connectivity index (χ3v) is 2.85. The summed E-state index contributed by atoms with van der Waals surface area (Å²) in [7, 11) is 0. The highest BCUT2D eigenvalue weighted by Crippen LogP contribution is 2.35. The van der Waals surface area contributed by atoms with Crippen LogP contribution >= 0.6 is 0 Å². The zero-order valence-corrected chi connectivity index (χ0v) is 9.43. The van der Waals surface area contributed by atoms with Crippen molar-refractivity contribution in [2.45, 2.75) is 12.4 Å². The van der Waals surface area contributed by atoms with E-state index in [2.05, 4.69) is 0 Å². The number of nitrogens with two attached hydrogens (primary N) is 1. The Kier molecular flexibility index (Phi) is 2.88. The summed E-state index contributed by atoms with van der Waals surface area (Å²) in [6.45, 7) is 2.18. The predicted octanol–water partition coefficient (Wildman–Crippen LogP) is 0.830. The van der Waals surface area contributed by atoms with Crippen molar-refractivity contribution in [1.29, 1.82) is 0 Å². The molecule has 1 aromatic rings. The summed E-state index contributed by atoms with van der Waals surface area (Å²) in [4.78, 5) is 0. The standard InChI is InChI=1S/C12H15NO4/c13-6-9-7-16-12(17-9)8-1-2-10-11(5-8)15-4-3-14-10/h1-2,5,9,12H,3-4,6-7,13H2. The van der Waals surface area contributed by atoms with Crippen molar-refractivity contribution in [3.63, 3.8) is 0 Å². The minimum absolute atomic E-state index is 0.0202. The van der Waals surface area contributed by atoms with Crippen LogP contribution in [-0.4, -0.2) is 32.5 Å². The summed E-state index contributed by atoms with van der Waals surface area (Å²) >= 11 is 0. The van der Waals surface area contributed by atoms with E-state index in [-0.39, 0.29) is 12.4 Å². The number of benzene rings is 1. The van der Waals surface area contributed by atoms with E-state index in [0.29, 0.717) is 26.4 Å². The van der Waals surface area contributed by atoms with Crippen LogP contribution in [-0.2, 0) is 9.47 Å². The zero-order chi connectivity index (χ0) is 11.7. The van der Waals surface area contributed by atoms with Crippen LogP contribution in [0.1, 0.15) is 11.9 Å². The van der Waals surface area contributed by atoms with E-state index >= 15 is 0 Å². The highest BCUT2D eigenvalue weighted by Gasteiger charge is 2.27. The van der Waals surface area contributed by atoms with Crippen LogP contribution in [0.15, 0.2) is 18.2 Å². The van der Waals surface area contributed by atoms with Crippen molar-refractivity contribution in [1.82, 2.24) is 0 Å². The van der Waals surface area contributed by atoms with E-state index in [4.69, 9.17) is 24.7 Å². The van der Waals surface area contributed by atoms with Gasteiger partial charge in [0.25, 0.3) is 0 Å². The Morgan fingerprint density at radius 1 is 1.18 bits per heavy atom. The topological polar surface area (TPSA) is 62.9 Å². The third kappa shape index (κ3) is 2.09. The average molecular weight is 237 g/mol. The summed E-state index contributed by atoms with van der Waals surface area (Å²) in [6.07, 6.45) is -0.368. The number of hydrogen-bond donors (Lipinski definition) is 1. The Morgan fingerprint density at radius 3 is 2.76 bits per heavy atom. The molecule has 2 N–H and O–H groups in total. The molecule has 2 aliphatic rings. The normalized spacial score (nSPS) is 27.1. The molecule has 2 heterocycles. The predicted molar refractivity (Wildman–Crippen MR) is 60.1 cm³/mol. The molecule has 0 spiro atoms. The second kappa shape index (κ2) is 4.52. The van der Waals surface area contributed by atoms with Gasteiger partial charge in [-0.25, -0.2) is 0 Å². The molecule has 0 amide bonds. The highest BCUT2D eigenvalue weighted by atomic mass is 16.7. The maximum absolute atomic E-state index is 5.64. The van der Waals surface area contributed by atoms with E-state index in [1.807, 2.05) is 18.2 Å². The molecule has 3 rings (SSSR count). The Bertz CT molecular complexity index is 409. The van der Waals surface area contributed by atoms with E-state index < -0.39 is 0 Å². The van der Waals surface area contributed by atoms with Crippen molar-refractivity contribution < 1.29 is 18.9 Å². The minimum Gasteiger partial charge on any atom is -0.486 e. The van der Waals surface area contributed by atoms with E-state index in [1.54, 1.807) is 0 Å². The maximum Gasteiger partial charge on any atom is 0.184 e. The second-order valence-electron chi connectivity index (χ2n) is 4.06. The van der Waals surface area contributed by atoms with Gasteiger partial charge in [0.2, 0.25) is 0 Å². The molecule has 1 fully saturated rings. The zero-order valence-electron chi connectivity index (χ0n) is 9.43. The van der Waals surface area contributed by atoms with Crippen molar-refractivity contribution in [3.05, 3.63) is 23.8 Å². The first-order valence-electron chi connectivity index (χ1n) is 5.73. The van der Waals surface area contributed by atoms with Gasteiger partial charge in [-0.1, -0.05) is 6.07 Å². The molecule has 0 bridgehead atoms. The fourth-order valence-corrected chi connectivity index (χ4v) is 1.95. The smallest absolute Gasteiger partial charge is 0.184 e. The highest BCUT2D eigenvalue weighted by molar-refractivity contribution is 5.44. The van der Waals surface area contributed by atoms with Gasteiger partial charge in [-0.05, 0) is 12.1 Å². The van der Waals surface area contributed by atoms with Gasteiger partial charge in [-0.15, -0.1) is 0 Å². The average Bonchev–Trinajstić information content (AvgIpc) is 2.87. The molecule has 1 saturated heterocycles. The van der Waals surface area contributed by atoms with Gasteiger partial charge in [0.15, 0.2) is 17.8 Å². The van der Waals surface area contributed by atoms with Crippen molar-refractivity contribution in [2.24, 2.45) is 5.73 Å². The number of rotatable bonds is 2. The van der Waals surface area contributed by atoms with Gasteiger partial charge in [0.05, 0.1) is 12.7 Å². The summed E-state index contributed by atoms with van der Waals surface area (Å²) in [5.74, 6) is 1.52. The first-order valence-corrected chi connectivity index (χ1v) is 5.73. The van der Waals surface area contributed by atoms with Gasteiger partial charge in [-0.3, -0.25) is 0 Å². The van der Waals surface area contributed by atoms with Crippen molar-refractivity contribution in [3.8, 4) is 11.5 Å². The Balaban J connectivity index is 1.79. The lowest BCUT2D eigenvalue weighted by Crippen LogP contribution is -2.21. The first-order chi connectivity index (χ1) is 8.36. The van der Waals surface area contributed by atoms with E-state index in [0.717, 1.165) is 17.1 Å². The molecule has 92 valence electrons. The Morgan fingerprint density at radius 2 is 2.00 bits per heavy atom. The molecule has 0 aliphatic carbocycles. The van der Waals surface area contributed by atoms with Crippen LogP contribution in [0.4, 0.5) is 0 Å². The van der Waals surface area contributed by atoms with Crippen LogP contribution in [0.5, 0.6) is 11.5 Å². The molecule has 0 radical (unpaired) electrons. The van der Waals surface area contributed by atoms with E-state index in [1.165, 1.54) is 0 Å². The van der Waals surface area contributed by atoms with Crippen molar-refractivity contribution >= 4 is 0 Å². The fourth-order valence-electron chi connectivity index (χ4n) is 1.95.